The summed E-state index contributed by atoms with van der Waals surface area (Å²) in [6.07, 6.45) is 3.42. The summed E-state index contributed by atoms with van der Waals surface area (Å²) in [4.78, 5) is 29.0. The molecule has 3 aliphatic rings. The van der Waals surface area contributed by atoms with Gasteiger partial charge in [-0.25, -0.2) is 8.78 Å². The number of benzene rings is 2. The molecular formula is C24H25F2N5O2. The Morgan fingerprint density at radius 3 is 2.52 bits per heavy atom. The molecule has 0 bridgehead atoms. The van der Waals surface area contributed by atoms with E-state index in [0.717, 1.165) is 31.7 Å². The number of amides is 2. The second-order valence-corrected chi connectivity index (χ2v) is 9.12. The van der Waals surface area contributed by atoms with Crippen LogP contribution in [0.5, 0.6) is 0 Å². The highest BCUT2D eigenvalue weighted by Crippen LogP contribution is 2.45. The number of halogens is 2. The van der Waals surface area contributed by atoms with Crippen LogP contribution in [0.25, 0.3) is 0 Å². The van der Waals surface area contributed by atoms with Crippen molar-refractivity contribution >= 4 is 29.1 Å². The Kier molecular flexibility index (Phi) is 5.26. The molecule has 2 saturated carbocycles. The molecule has 2 aromatic rings. The van der Waals surface area contributed by atoms with Crippen LogP contribution in [0, 0.1) is 11.6 Å². The van der Waals surface area contributed by atoms with E-state index in [1.54, 1.807) is 12.1 Å². The molecule has 0 aromatic heterocycles. The highest BCUT2D eigenvalue weighted by atomic mass is 19.1. The summed E-state index contributed by atoms with van der Waals surface area (Å²) in [7, 11) is 0. The molecule has 5 rings (SSSR count). The second-order valence-electron chi connectivity index (χ2n) is 9.12. The van der Waals surface area contributed by atoms with Crippen molar-refractivity contribution in [1.29, 1.82) is 0 Å². The third-order valence-electron chi connectivity index (χ3n) is 6.23. The van der Waals surface area contributed by atoms with Crippen LogP contribution >= 0.6 is 0 Å². The smallest absolute Gasteiger partial charge is 0.280 e. The molecule has 0 unspecified atom stereocenters. The first kappa shape index (κ1) is 21.4. The largest absolute Gasteiger partial charge is 0.354 e. The molecule has 0 spiro atoms. The zero-order chi connectivity index (χ0) is 23.2. The number of aliphatic imine (C=N–C) groups is 1. The van der Waals surface area contributed by atoms with Crippen LogP contribution in [0.4, 0.5) is 20.2 Å². The molecule has 33 heavy (non-hydrogen) atoms. The highest BCUT2D eigenvalue weighted by molar-refractivity contribution is 6.03. The number of hydrogen-bond acceptors (Lipinski definition) is 3. The van der Waals surface area contributed by atoms with E-state index in [4.69, 9.17) is 0 Å². The van der Waals surface area contributed by atoms with E-state index < -0.39 is 23.4 Å². The number of carbonyl (C=O) groups is 2. The summed E-state index contributed by atoms with van der Waals surface area (Å²) >= 11 is 0. The van der Waals surface area contributed by atoms with Gasteiger partial charge < -0.3 is 21.3 Å². The van der Waals surface area contributed by atoms with Crippen molar-refractivity contribution in [3.05, 3.63) is 58.7 Å². The van der Waals surface area contributed by atoms with Crippen molar-refractivity contribution in [3.8, 4) is 0 Å². The van der Waals surface area contributed by atoms with Gasteiger partial charge in [0.2, 0.25) is 0 Å². The van der Waals surface area contributed by atoms with Gasteiger partial charge in [-0.3, -0.25) is 9.59 Å². The third-order valence-corrected chi connectivity index (χ3v) is 6.23. The van der Waals surface area contributed by atoms with E-state index in [-0.39, 0.29) is 34.0 Å². The Balaban J connectivity index is 1.44. The third kappa shape index (κ3) is 4.53. The summed E-state index contributed by atoms with van der Waals surface area (Å²) < 4.78 is 30.4. The number of anilines is 2. The average molecular weight is 453 g/mol. The second kappa shape index (κ2) is 8.13. The highest BCUT2D eigenvalue weighted by Gasteiger charge is 2.39. The van der Waals surface area contributed by atoms with Gasteiger partial charge in [0.05, 0.1) is 16.9 Å². The zero-order valence-corrected chi connectivity index (χ0v) is 18.2. The number of carbonyl (C=O) groups excluding carboxylic acids is 2. The van der Waals surface area contributed by atoms with E-state index in [0.29, 0.717) is 24.6 Å². The summed E-state index contributed by atoms with van der Waals surface area (Å²) in [5.41, 5.74) is 0.473. The number of rotatable bonds is 6. The van der Waals surface area contributed by atoms with Crippen LogP contribution in [-0.2, 0) is 0 Å². The molecule has 1 heterocycles. The molecule has 7 nitrogen and oxygen atoms in total. The Labute approximate surface area is 190 Å². The van der Waals surface area contributed by atoms with Gasteiger partial charge in [0.1, 0.15) is 5.82 Å². The lowest BCUT2D eigenvalue weighted by molar-refractivity contribution is 0.0930. The lowest BCUT2D eigenvalue weighted by Gasteiger charge is -2.17. The first-order valence-corrected chi connectivity index (χ1v) is 11.2. The topological polar surface area (TPSA) is 94.6 Å². The summed E-state index contributed by atoms with van der Waals surface area (Å²) in [6, 6.07) is 7.15. The summed E-state index contributed by atoms with van der Waals surface area (Å²) in [6.45, 7) is 3.24. The quantitative estimate of drug-likeness (QED) is 0.537. The van der Waals surface area contributed by atoms with Gasteiger partial charge in [0.25, 0.3) is 11.8 Å². The molecule has 0 atom stereocenters. The predicted octanol–water partition coefficient (Wildman–Crippen LogP) is 3.56. The monoisotopic (exact) mass is 453 g/mol. The van der Waals surface area contributed by atoms with E-state index in [9.17, 15) is 9.59 Å². The zero-order valence-electron chi connectivity index (χ0n) is 18.2. The first-order valence-electron chi connectivity index (χ1n) is 11.2. The number of nitrogens with one attached hydrogen (secondary N) is 4. The average Bonchev–Trinajstić information content (AvgIpc) is 3.70. The fourth-order valence-electron chi connectivity index (χ4n) is 3.86. The Hall–Kier alpha value is -3.49. The first-order chi connectivity index (χ1) is 15.8. The predicted molar refractivity (Wildman–Crippen MR) is 121 cm³/mol. The number of nitrogens with zero attached hydrogens (tertiary/aromatic N) is 1. The lowest BCUT2D eigenvalue weighted by Crippen LogP contribution is -2.34. The Morgan fingerprint density at radius 2 is 1.85 bits per heavy atom. The summed E-state index contributed by atoms with van der Waals surface area (Å²) in [5.74, 6) is -2.02. The molecule has 1 aliphatic heterocycles. The molecule has 1 saturated heterocycles. The van der Waals surface area contributed by atoms with Gasteiger partial charge in [-0.05, 0) is 68.4 Å². The van der Waals surface area contributed by atoms with Crippen molar-refractivity contribution in [2.24, 2.45) is 4.99 Å². The molecule has 2 aromatic carbocycles. The standard InChI is InChI=1S/C24H25F2N5O2/c1-24(7-8-24)31-22(33)15-3-2-4-18(19(15)26)29-20-16(13-5-6-13)11-14(12-17(20)25)21(32)30-23-27-9-10-28-23/h2-4,11-13,29H,5-10H2,1H3,(H,31,33)(H2,27,28,30,32). The van der Waals surface area contributed by atoms with Crippen LogP contribution in [0.2, 0.25) is 0 Å². The SMILES string of the molecule is CC1(NC(=O)c2cccc(Nc3c(F)cc(C(=O)N=C4NCCN4)cc3C3CC3)c2F)CC1. The number of hydrogen-bond donors (Lipinski definition) is 4. The molecule has 172 valence electrons. The van der Waals surface area contributed by atoms with Gasteiger partial charge in [-0.2, -0.15) is 4.99 Å². The molecule has 4 N–H and O–H groups in total. The fraction of sp³-hybridized carbons (Fsp3) is 0.375. The maximum atomic E-state index is 15.2. The van der Waals surface area contributed by atoms with Gasteiger partial charge in [0.15, 0.2) is 11.8 Å². The van der Waals surface area contributed by atoms with Crippen molar-refractivity contribution in [2.75, 3.05) is 18.4 Å². The minimum atomic E-state index is -0.745. The van der Waals surface area contributed by atoms with Crippen molar-refractivity contribution in [2.45, 2.75) is 44.1 Å². The normalized spacial score (nSPS) is 18.2. The number of guanidine groups is 1. The lowest BCUT2D eigenvalue weighted by atomic mass is 10.0. The molecule has 2 aliphatic carbocycles. The fourth-order valence-corrected chi connectivity index (χ4v) is 3.86. The van der Waals surface area contributed by atoms with Crippen LogP contribution in [-0.4, -0.2) is 36.4 Å². The minimum Gasteiger partial charge on any atom is -0.354 e. The van der Waals surface area contributed by atoms with Gasteiger partial charge in [-0.1, -0.05) is 6.07 Å². The van der Waals surface area contributed by atoms with Crippen LogP contribution in [0.15, 0.2) is 35.3 Å². The Bertz CT molecular complexity index is 1160. The summed E-state index contributed by atoms with van der Waals surface area (Å²) in [5, 5.41) is 11.6. The van der Waals surface area contributed by atoms with Gasteiger partial charge in [-0.15, -0.1) is 0 Å². The minimum absolute atomic E-state index is 0.00285. The van der Waals surface area contributed by atoms with Gasteiger partial charge >= 0.3 is 0 Å². The molecular weight excluding hydrogens is 428 g/mol. The van der Waals surface area contributed by atoms with Crippen LogP contribution < -0.4 is 21.3 Å². The van der Waals surface area contributed by atoms with E-state index in [1.807, 2.05) is 6.92 Å². The van der Waals surface area contributed by atoms with E-state index >= 15 is 8.78 Å². The maximum absolute atomic E-state index is 15.2. The molecule has 3 fully saturated rings. The van der Waals surface area contributed by atoms with Gasteiger partial charge in [0, 0.05) is 24.2 Å². The van der Waals surface area contributed by atoms with Crippen molar-refractivity contribution in [3.63, 3.8) is 0 Å². The maximum Gasteiger partial charge on any atom is 0.280 e. The van der Waals surface area contributed by atoms with Crippen molar-refractivity contribution < 1.29 is 18.4 Å². The van der Waals surface area contributed by atoms with E-state index in [2.05, 4.69) is 26.3 Å². The molecule has 0 radical (unpaired) electrons. The van der Waals surface area contributed by atoms with Crippen LogP contribution in [0.3, 0.4) is 0 Å². The molecule has 2 amide bonds. The van der Waals surface area contributed by atoms with Crippen LogP contribution in [0.1, 0.15) is 64.8 Å². The van der Waals surface area contributed by atoms with E-state index in [1.165, 1.54) is 12.1 Å². The van der Waals surface area contributed by atoms with Crippen molar-refractivity contribution in [1.82, 2.24) is 16.0 Å². The Morgan fingerprint density at radius 1 is 1.12 bits per heavy atom. The molecule has 9 heteroatoms.